The lowest BCUT2D eigenvalue weighted by Gasteiger charge is -2.21. The molecule has 0 aliphatic carbocycles. The van der Waals surface area contributed by atoms with Gasteiger partial charge in [-0.05, 0) is 23.0 Å². The molecule has 3 nitrogen and oxygen atoms in total. The number of benzene rings is 1. The molecule has 0 atom stereocenters. The van der Waals surface area contributed by atoms with E-state index in [0.717, 1.165) is 0 Å². The molecule has 1 rings (SSSR count). The smallest absolute Gasteiger partial charge is 0.377 e. The van der Waals surface area contributed by atoms with E-state index in [1.165, 1.54) is 0 Å². The highest BCUT2D eigenvalue weighted by Crippen LogP contribution is 2.37. The van der Waals surface area contributed by atoms with Crippen molar-refractivity contribution in [2.75, 3.05) is 0 Å². The molecule has 0 bridgehead atoms. The van der Waals surface area contributed by atoms with Crippen molar-refractivity contribution in [1.82, 2.24) is 0 Å². The van der Waals surface area contributed by atoms with Crippen LogP contribution in [0.2, 0.25) is 0 Å². The van der Waals surface area contributed by atoms with Crippen LogP contribution in [0.4, 0.5) is 8.78 Å². The molecule has 0 N–H and O–H groups in total. The molecule has 0 aliphatic rings. The first kappa shape index (κ1) is 16.9. The van der Waals surface area contributed by atoms with E-state index in [9.17, 15) is 17.2 Å². The van der Waals surface area contributed by atoms with Gasteiger partial charge in [0, 0.05) is 6.92 Å². The number of para-hydroxylation sites is 1. The van der Waals surface area contributed by atoms with Gasteiger partial charge in [0.25, 0.3) is 0 Å². The van der Waals surface area contributed by atoms with E-state index in [4.69, 9.17) is 4.18 Å². The minimum absolute atomic E-state index is 0.0269. The average Bonchev–Trinajstić information content (AvgIpc) is 2.26. The first-order valence-electron chi connectivity index (χ1n) is 6.42. The Labute approximate surface area is 119 Å². The summed E-state index contributed by atoms with van der Waals surface area (Å²) in [6.45, 7) is 7.72. The number of rotatable bonds is 5. The molecule has 114 valence electrons. The Morgan fingerprint density at radius 1 is 1.05 bits per heavy atom. The molecule has 0 saturated heterocycles. The maximum absolute atomic E-state index is 13.1. The molecule has 1 aromatic rings. The largest absolute Gasteiger partial charge is 0.378 e. The van der Waals surface area contributed by atoms with Crippen LogP contribution >= 0.6 is 0 Å². The highest BCUT2D eigenvalue weighted by atomic mass is 32.2. The van der Waals surface area contributed by atoms with Crippen molar-refractivity contribution in [1.29, 1.82) is 0 Å². The van der Waals surface area contributed by atoms with Crippen molar-refractivity contribution < 1.29 is 21.4 Å². The van der Waals surface area contributed by atoms with Gasteiger partial charge in [-0.1, -0.05) is 45.9 Å². The molecule has 0 unspecified atom stereocenters. The van der Waals surface area contributed by atoms with Gasteiger partial charge in [0.1, 0.15) is 5.75 Å². The third kappa shape index (κ3) is 3.48. The zero-order valence-electron chi connectivity index (χ0n) is 12.3. The summed E-state index contributed by atoms with van der Waals surface area (Å²) in [6.07, 6.45) is 0. The lowest BCUT2D eigenvalue weighted by Crippen LogP contribution is -2.30. The molecule has 0 heterocycles. The summed E-state index contributed by atoms with van der Waals surface area (Å²) < 4.78 is 54.2. The van der Waals surface area contributed by atoms with E-state index >= 15 is 0 Å². The van der Waals surface area contributed by atoms with Crippen molar-refractivity contribution in [2.24, 2.45) is 0 Å². The van der Waals surface area contributed by atoms with Gasteiger partial charge in [0.2, 0.25) is 0 Å². The van der Waals surface area contributed by atoms with Crippen LogP contribution in [-0.2, 0) is 10.1 Å². The molecule has 0 radical (unpaired) electrons. The normalized spacial score (nSPS) is 13.1. The second-order valence-corrected chi connectivity index (χ2v) is 7.21. The van der Waals surface area contributed by atoms with Crippen molar-refractivity contribution in [3.8, 4) is 5.75 Å². The monoisotopic (exact) mass is 306 g/mol. The molecule has 0 spiro atoms. The van der Waals surface area contributed by atoms with Crippen LogP contribution < -0.4 is 4.18 Å². The molecule has 20 heavy (non-hydrogen) atoms. The van der Waals surface area contributed by atoms with Gasteiger partial charge in [-0.2, -0.15) is 17.2 Å². The Balaban J connectivity index is 3.43. The number of hydrogen-bond acceptors (Lipinski definition) is 3. The van der Waals surface area contributed by atoms with E-state index in [0.29, 0.717) is 18.1 Å². The summed E-state index contributed by atoms with van der Waals surface area (Å²) in [4.78, 5) is 0. The summed E-state index contributed by atoms with van der Waals surface area (Å²) in [7, 11) is -5.00. The van der Waals surface area contributed by atoms with Gasteiger partial charge in [-0.3, -0.25) is 0 Å². The molecule has 0 saturated carbocycles. The molecular formula is C14H20F2O3S. The molecular weight excluding hydrogens is 286 g/mol. The van der Waals surface area contributed by atoms with Crippen LogP contribution in [0.5, 0.6) is 5.75 Å². The zero-order valence-corrected chi connectivity index (χ0v) is 13.1. The summed E-state index contributed by atoms with van der Waals surface area (Å²) in [6, 6.07) is 5.15. The van der Waals surface area contributed by atoms with Gasteiger partial charge in [-0.15, -0.1) is 0 Å². The fourth-order valence-electron chi connectivity index (χ4n) is 1.76. The van der Waals surface area contributed by atoms with Crippen molar-refractivity contribution in [3.05, 3.63) is 29.3 Å². The van der Waals surface area contributed by atoms with Crippen LogP contribution in [0.15, 0.2) is 18.2 Å². The van der Waals surface area contributed by atoms with E-state index in [1.807, 2.05) is 27.7 Å². The van der Waals surface area contributed by atoms with E-state index in [1.54, 1.807) is 18.2 Å². The Hall–Kier alpha value is -1.17. The fourth-order valence-corrected chi connectivity index (χ4v) is 2.32. The number of alkyl halides is 2. The predicted octanol–water partition coefficient (Wildman–Crippen LogP) is 4.25. The minimum atomic E-state index is -5.00. The highest BCUT2D eigenvalue weighted by molar-refractivity contribution is 7.88. The standard InChI is InChI=1S/C14H20F2O3S/c1-9(2)11-7-6-8-12(10(3)4)13(11)19-20(17,18)14(5,15)16/h6-10H,1-5H3. The number of hydrogen-bond donors (Lipinski definition) is 0. The first-order chi connectivity index (χ1) is 8.97. The maximum Gasteiger partial charge on any atom is 0.377 e. The van der Waals surface area contributed by atoms with Crippen molar-refractivity contribution >= 4 is 10.1 Å². The van der Waals surface area contributed by atoms with E-state index < -0.39 is 15.4 Å². The zero-order chi connectivity index (χ0) is 15.7. The Morgan fingerprint density at radius 3 is 1.75 bits per heavy atom. The van der Waals surface area contributed by atoms with Crippen molar-refractivity contribution in [3.63, 3.8) is 0 Å². The molecule has 0 aliphatic heterocycles. The third-order valence-electron chi connectivity index (χ3n) is 2.95. The Morgan fingerprint density at radius 2 is 1.45 bits per heavy atom. The van der Waals surface area contributed by atoms with Crippen LogP contribution in [0, 0.1) is 0 Å². The van der Waals surface area contributed by atoms with Gasteiger partial charge in [-0.25, -0.2) is 0 Å². The topological polar surface area (TPSA) is 43.4 Å². The Bertz CT molecular complexity index is 546. The average molecular weight is 306 g/mol. The van der Waals surface area contributed by atoms with Gasteiger partial charge in [0.15, 0.2) is 0 Å². The minimum Gasteiger partial charge on any atom is -0.378 e. The van der Waals surface area contributed by atoms with E-state index in [-0.39, 0.29) is 17.6 Å². The van der Waals surface area contributed by atoms with Gasteiger partial charge in [0.05, 0.1) is 0 Å². The SMILES string of the molecule is CC(C)c1cccc(C(C)C)c1OS(=O)(=O)C(C)(F)F. The summed E-state index contributed by atoms with van der Waals surface area (Å²) in [5.74, 6) is -0.0483. The summed E-state index contributed by atoms with van der Waals surface area (Å²) in [5, 5.41) is -3.94. The molecule has 6 heteroatoms. The lowest BCUT2D eigenvalue weighted by molar-refractivity contribution is 0.103. The third-order valence-corrected chi connectivity index (χ3v) is 4.22. The molecule has 0 aromatic heterocycles. The summed E-state index contributed by atoms with van der Waals surface area (Å²) in [5.41, 5.74) is 1.20. The molecule has 1 aromatic carbocycles. The fraction of sp³-hybridized carbons (Fsp3) is 0.571. The predicted molar refractivity (Wildman–Crippen MR) is 74.8 cm³/mol. The maximum atomic E-state index is 13.1. The quantitative estimate of drug-likeness (QED) is 0.764. The first-order valence-corrected chi connectivity index (χ1v) is 7.83. The van der Waals surface area contributed by atoms with Crippen LogP contribution in [0.1, 0.15) is 57.6 Å². The second-order valence-electron chi connectivity index (χ2n) is 5.42. The highest BCUT2D eigenvalue weighted by Gasteiger charge is 2.42. The lowest BCUT2D eigenvalue weighted by atomic mass is 9.94. The number of halogens is 2. The van der Waals surface area contributed by atoms with Crippen LogP contribution in [0.3, 0.4) is 0 Å². The molecule has 0 fully saturated rings. The van der Waals surface area contributed by atoms with Gasteiger partial charge < -0.3 is 4.18 Å². The summed E-state index contributed by atoms with van der Waals surface area (Å²) >= 11 is 0. The van der Waals surface area contributed by atoms with Gasteiger partial charge >= 0.3 is 15.4 Å². The molecule has 0 amide bonds. The Kier molecular flexibility index (Phi) is 4.79. The second kappa shape index (κ2) is 5.68. The van der Waals surface area contributed by atoms with Crippen LogP contribution in [0.25, 0.3) is 0 Å². The van der Waals surface area contributed by atoms with Crippen LogP contribution in [-0.4, -0.2) is 13.7 Å². The van der Waals surface area contributed by atoms with E-state index in [2.05, 4.69) is 0 Å². The van der Waals surface area contributed by atoms with Crippen molar-refractivity contribution in [2.45, 2.75) is 51.7 Å².